The predicted octanol–water partition coefficient (Wildman–Crippen LogP) is -0.294. The quantitative estimate of drug-likeness (QED) is 0.735. The third-order valence-corrected chi connectivity index (χ3v) is 3.58. The van der Waals surface area contributed by atoms with E-state index in [1.54, 1.807) is 18.2 Å². The number of hydrogen-bond acceptors (Lipinski definition) is 6. The van der Waals surface area contributed by atoms with E-state index >= 15 is 0 Å². The van der Waals surface area contributed by atoms with Gasteiger partial charge in [-0.25, -0.2) is 4.79 Å². The highest BCUT2D eigenvalue weighted by atomic mass is 16.5. The third-order valence-electron chi connectivity index (χ3n) is 3.58. The number of H-pyrrole nitrogens is 1. The molecule has 0 bridgehead atoms. The van der Waals surface area contributed by atoms with E-state index < -0.39 is 18.1 Å². The number of aromatic amines is 1. The van der Waals surface area contributed by atoms with E-state index in [0.29, 0.717) is 16.6 Å². The van der Waals surface area contributed by atoms with E-state index in [2.05, 4.69) is 20.1 Å². The Balaban J connectivity index is 1.90. The molecule has 8 nitrogen and oxygen atoms in total. The van der Waals surface area contributed by atoms with Gasteiger partial charge in [-0.2, -0.15) is 15.4 Å². The molecule has 0 spiro atoms. The van der Waals surface area contributed by atoms with Crippen LogP contribution in [-0.2, 0) is 9.53 Å². The van der Waals surface area contributed by atoms with E-state index in [4.69, 9.17) is 0 Å². The van der Waals surface area contributed by atoms with Crippen LogP contribution < -0.4 is 0 Å². The summed E-state index contributed by atoms with van der Waals surface area (Å²) < 4.78 is 4.69. The summed E-state index contributed by atoms with van der Waals surface area (Å²) in [5, 5.41) is 20.0. The van der Waals surface area contributed by atoms with Crippen LogP contribution >= 0.6 is 0 Å². The number of amides is 1. The number of benzene rings is 1. The Kier molecular flexibility index (Phi) is 3.30. The van der Waals surface area contributed by atoms with Gasteiger partial charge in [0.05, 0.1) is 13.2 Å². The summed E-state index contributed by atoms with van der Waals surface area (Å²) in [5.41, 5.74) is 1.60. The number of β-amino-alcohol motifs (C(OH)–C–C–N with tert-alkyl or cyclic N) is 1. The number of carbonyl (C=O) groups is 2. The molecule has 3 rings (SSSR count). The van der Waals surface area contributed by atoms with Crippen LogP contribution in [0.4, 0.5) is 0 Å². The van der Waals surface area contributed by atoms with Gasteiger partial charge in [-0.3, -0.25) is 4.79 Å². The zero-order valence-electron chi connectivity index (χ0n) is 11.3. The molecule has 21 heavy (non-hydrogen) atoms. The molecule has 2 atom stereocenters. The molecule has 1 fully saturated rings. The highest BCUT2D eigenvalue weighted by molar-refractivity contribution is 5.99. The first kappa shape index (κ1) is 13.5. The van der Waals surface area contributed by atoms with Crippen molar-refractivity contribution in [1.29, 1.82) is 0 Å². The van der Waals surface area contributed by atoms with Crippen molar-refractivity contribution in [2.75, 3.05) is 13.7 Å². The van der Waals surface area contributed by atoms with Crippen molar-refractivity contribution in [2.45, 2.75) is 18.6 Å². The lowest BCUT2D eigenvalue weighted by Gasteiger charge is -2.22. The van der Waals surface area contributed by atoms with Gasteiger partial charge in [0.2, 0.25) is 0 Å². The highest BCUT2D eigenvalue weighted by Crippen LogP contribution is 2.22. The molecule has 110 valence electrons. The van der Waals surface area contributed by atoms with Crippen molar-refractivity contribution in [3.05, 3.63) is 23.8 Å². The van der Waals surface area contributed by atoms with E-state index in [1.165, 1.54) is 12.0 Å². The molecule has 2 N–H and O–H groups in total. The average molecular weight is 290 g/mol. The van der Waals surface area contributed by atoms with Crippen molar-refractivity contribution < 1.29 is 19.4 Å². The fourth-order valence-corrected chi connectivity index (χ4v) is 2.54. The summed E-state index contributed by atoms with van der Waals surface area (Å²) in [4.78, 5) is 25.6. The second-order valence-electron chi connectivity index (χ2n) is 4.91. The number of hydrogen-bond donors (Lipinski definition) is 2. The molecular formula is C13H14N4O4. The fourth-order valence-electron chi connectivity index (χ4n) is 2.54. The van der Waals surface area contributed by atoms with Crippen molar-refractivity contribution in [2.24, 2.45) is 0 Å². The molecular weight excluding hydrogens is 276 g/mol. The van der Waals surface area contributed by atoms with Gasteiger partial charge in [0.25, 0.3) is 5.91 Å². The molecule has 1 aliphatic rings. The lowest BCUT2D eigenvalue weighted by Crippen LogP contribution is -2.41. The van der Waals surface area contributed by atoms with Crippen LogP contribution in [0.2, 0.25) is 0 Å². The molecule has 2 heterocycles. The molecule has 1 saturated heterocycles. The molecule has 1 amide bonds. The molecule has 8 heteroatoms. The first-order valence-corrected chi connectivity index (χ1v) is 6.47. The number of aliphatic hydroxyl groups is 1. The maximum atomic E-state index is 12.5. The Hall–Kier alpha value is -2.48. The molecule has 1 aromatic carbocycles. The van der Waals surface area contributed by atoms with Crippen molar-refractivity contribution in [3.8, 4) is 0 Å². The molecule has 0 aliphatic carbocycles. The first-order valence-electron chi connectivity index (χ1n) is 6.47. The highest BCUT2D eigenvalue weighted by Gasteiger charge is 2.39. The van der Waals surface area contributed by atoms with E-state index in [1.807, 2.05) is 0 Å². The summed E-state index contributed by atoms with van der Waals surface area (Å²) in [6, 6.07) is 4.13. The number of likely N-dealkylation sites (tertiary alicyclic amines) is 1. The van der Waals surface area contributed by atoms with Gasteiger partial charge >= 0.3 is 5.97 Å². The van der Waals surface area contributed by atoms with Crippen LogP contribution in [-0.4, -0.2) is 63.1 Å². The Morgan fingerprint density at radius 3 is 2.90 bits per heavy atom. The van der Waals surface area contributed by atoms with E-state index in [0.717, 1.165) is 0 Å². The topological polar surface area (TPSA) is 108 Å². The minimum atomic E-state index is -0.759. The molecule has 2 aromatic rings. The predicted molar refractivity (Wildman–Crippen MR) is 71.4 cm³/mol. The summed E-state index contributed by atoms with van der Waals surface area (Å²) in [5.74, 6) is -0.866. The number of aromatic nitrogens is 3. The van der Waals surface area contributed by atoms with Gasteiger partial charge in [0.15, 0.2) is 0 Å². The van der Waals surface area contributed by atoms with Gasteiger partial charge in [0.1, 0.15) is 17.1 Å². The summed E-state index contributed by atoms with van der Waals surface area (Å²) in [6.07, 6.45) is -0.543. The largest absolute Gasteiger partial charge is 0.467 e. The van der Waals surface area contributed by atoms with Crippen LogP contribution in [0.25, 0.3) is 11.0 Å². The third kappa shape index (κ3) is 2.33. The summed E-state index contributed by atoms with van der Waals surface area (Å²) in [7, 11) is 1.26. The van der Waals surface area contributed by atoms with Crippen LogP contribution in [0, 0.1) is 0 Å². The zero-order chi connectivity index (χ0) is 15.0. The summed E-state index contributed by atoms with van der Waals surface area (Å²) in [6.45, 7) is 0.107. The van der Waals surface area contributed by atoms with Crippen LogP contribution in [0.1, 0.15) is 16.8 Å². The molecule has 2 unspecified atom stereocenters. The standard InChI is InChI=1S/C13H14N4O4/c1-21-13(20)11-5-8(18)6-17(11)12(19)7-2-3-9-10(4-7)15-16-14-9/h2-4,8,11,18H,5-6H2,1H3,(H,14,15,16). The second-order valence-corrected chi connectivity index (χ2v) is 4.91. The SMILES string of the molecule is COC(=O)C1CC(O)CN1C(=O)c1ccc2n[nH]nc2c1. The molecule has 1 aliphatic heterocycles. The number of methoxy groups -OCH3 is 1. The average Bonchev–Trinajstić information content (AvgIpc) is 3.10. The lowest BCUT2D eigenvalue weighted by molar-refractivity contribution is -0.145. The Labute approximate surface area is 119 Å². The normalized spacial score (nSPS) is 21.7. The molecule has 1 aromatic heterocycles. The van der Waals surface area contributed by atoms with Gasteiger partial charge in [-0.1, -0.05) is 0 Å². The Morgan fingerprint density at radius 1 is 1.38 bits per heavy atom. The minimum absolute atomic E-state index is 0.107. The van der Waals surface area contributed by atoms with Crippen molar-refractivity contribution >= 4 is 22.9 Å². The Bertz CT molecular complexity index is 698. The van der Waals surface area contributed by atoms with Crippen molar-refractivity contribution in [3.63, 3.8) is 0 Å². The molecule has 0 radical (unpaired) electrons. The van der Waals surface area contributed by atoms with Crippen molar-refractivity contribution in [1.82, 2.24) is 20.3 Å². The molecule has 0 saturated carbocycles. The number of aliphatic hydroxyl groups excluding tert-OH is 1. The number of nitrogens with one attached hydrogen (secondary N) is 1. The van der Waals surface area contributed by atoms with Crippen LogP contribution in [0.5, 0.6) is 0 Å². The minimum Gasteiger partial charge on any atom is -0.467 e. The van der Waals surface area contributed by atoms with Crippen LogP contribution in [0.15, 0.2) is 18.2 Å². The Morgan fingerprint density at radius 2 is 2.14 bits per heavy atom. The van der Waals surface area contributed by atoms with Gasteiger partial charge in [-0.15, -0.1) is 0 Å². The number of carbonyl (C=O) groups excluding carboxylic acids is 2. The van der Waals surface area contributed by atoms with Crippen LogP contribution in [0.3, 0.4) is 0 Å². The number of fused-ring (bicyclic) bond motifs is 1. The van der Waals surface area contributed by atoms with Gasteiger partial charge in [-0.05, 0) is 18.2 Å². The maximum absolute atomic E-state index is 12.5. The summed E-state index contributed by atoms with van der Waals surface area (Å²) >= 11 is 0. The first-order chi connectivity index (χ1) is 10.1. The zero-order valence-corrected chi connectivity index (χ0v) is 11.3. The number of ether oxygens (including phenoxy) is 1. The number of rotatable bonds is 2. The fraction of sp³-hybridized carbons (Fsp3) is 0.385. The maximum Gasteiger partial charge on any atom is 0.328 e. The lowest BCUT2D eigenvalue weighted by atomic mass is 10.1. The smallest absolute Gasteiger partial charge is 0.328 e. The monoisotopic (exact) mass is 290 g/mol. The van der Waals surface area contributed by atoms with E-state index in [9.17, 15) is 14.7 Å². The second kappa shape index (κ2) is 5.13. The number of nitrogens with zero attached hydrogens (tertiary/aromatic N) is 3. The van der Waals surface area contributed by atoms with Gasteiger partial charge in [0, 0.05) is 18.5 Å². The number of esters is 1. The van der Waals surface area contributed by atoms with E-state index in [-0.39, 0.29) is 18.9 Å². The van der Waals surface area contributed by atoms with Gasteiger partial charge < -0.3 is 14.7 Å².